The lowest BCUT2D eigenvalue weighted by Crippen LogP contribution is -2.20. The zero-order valence-corrected chi connectivity index (χ0v) is 9.43. The van der Waals surface area contributed by atoms with Crippen molar-refractivity contribution in [1.29, 1.82) is 0 Å². The van der Waals surface area contributed by atoms with Crippen molar-refractivity contribution in [1.82, 2.24) is 4.98 Å². The van der Waals surface area contributed by atoms with Crippen molar-refractivity contribution in [3.8, 4) is 0 Å². The maximum Gasteiger partial charge on any atom is 0.152 e. The summed E-state index contributed by atoms with van der Waals surface area (Å²) in [6.07, 6.45) is 2.67. The highest BCUT2D eigenvalue weighted by Crippen LogP contribution is 2.25. The fourth-order valence-electron chi connectivity index (χ4n) is 1.95. The second kappa shape index (κ2) is 4.37. The number of benzene rings is 1. The highest BCUT2D eigenvalue weighted by Gasteiger charge is 2.11. The summed E-state index contributed by atoms with van der Waals surface area (Å²) in [5.74, 6) is 0.879. The second-order valence-corrected chi connectivity index (χ2v) is 4.07. The van der Waals surface area contributed by atoms with Gasteiger partial charge in [0, 0.05) is 18.3 Å². The molecule has 0 unspecified atom stereocenters. The van der Waals surface area contributed by atoms with Gasteiger partial charge in [-0.15, -0.1) is 0 Å². The van der Waals surface area contributed by atoms with Crippen molar-refractivity contribution >= 4 is 17.2 Å². The summed E-state index contributed by atoms with van der Waals surface area (Å²) in [4.78, 5) is 8.87. The number of hydrogen-bond acceptors (Lipinski definition) is 3. The lowest BCUT2D eigenvalue weighted by atomic mass is 10.1. The first kappa shape index (κ1) is 10.0. The van der Waals surface area contributed by atoms with Crippen molar-refractivity contribution in [2.24, 2.45) is 4.99 Å². The number of rotatable bonds is 2. The summed E-state index contributed by atoms with van der Waals surface area (Å²) >= 11 is 0. The molecule has 0 saturated heterocycles. The third-order valence-corrected chi connectivity index (χ3v) is 2.78. The maximum atomic E-state index is 4.63. The van der Waals surface area contributed by atoms with Gasteiger partial charge in [0.05, 0.1) is 6.54 Å². The van der Waals surface area contributed by atoms with Crippen molar-refractivity contribution in [3.63, 3.8) is 0 Å². The Morgan fingerprint density at radius 3 is 2.82 bits per heavy atom. The zero-order chi connectivity index (χ0) is 11.5. The summed E-state index contributed by atoms with van der Waals surface area (Å²) < 4.78 is 0. The summed E-state index contributed by atoms with van der Waals surface area (Å²) in [6.45, 7) is 0.777. The van der Waals surface area contributed by atoms with Crippen LogP contribution in [0, 0.1) is 0 Å². The van der Waals surface area contributed by atoms with Gasteiger partial charge in [-0.2, -0.15) is 0 Å². The molecule has 1 aromatic carbocycles. The standard InChI is InChI=1S/C14H13N3/c1-2-5-11(6-3-1)9-12-10-16-14-13(17-12)7-4-8-15-14/h1-8H,9-10H2,(H,15,16). The molecule has 0 bridgehead atoms. The number of nitrogens with zero attached hydrogens (tertiary/aromatic N) is 2. The van der Waals surface area contributed by atoms with Crippen LogP contribution in [0.3, 0.4) is 0 Å². The molecule has 84 valence electrons. The van der Waals surface area contributed by atoms with Gasteiger partial charge in [-0.1, -0.05) is 30.3 Å². The molecule has 17 heavy (non-hydrogen) atoms. The van der Waals surface area contributed by atoms with E-state index in [1.54, 1.807) is 6.20 Å². The van der Waals surface area contributed by atoms with Crippen LogP contribution >= 0.6 is 0 Å². The summed E-state index contributed by atoms with van der Waals surface area (Å²) in [5, 5.41) is 3.29. The van der Waals surface area contributed by atoms with Crippen LogP contribution in [0.5, 0.6) is 0 Å². The number of nitrogens with one attached hydrogen (secondary N) is 1. The van der Waals surface area contributed by atoms with Gasteiger partial charge < -0.3 is 5.32 Å². The Balaban J connectivity index is 1.85. The fraction of sp³-hybridized carbons (Fsp3) is 0.143. The van der Waals surface area contributed by atoms with Crippen LogP contribution in [0.25, 0.3) is 0 Å². The van der Waals surface area contributed by atoms with Crippen molar-refractivity contribution in [2.45, 2.75) is 6.42 Å². The first-order valence-electron chi connectivity index (χ1n) is 5.71. The molecule has 0 aliphatic carbocycles. The Labute approximate surface area is 100 Å². The molecule has 0 radical (unpaired) electrons. The number of anilines is 1. The average Bonchev–Trinajstić information content (AvgIpc) is 2.40. The summed E-state index contributed by atoms with van der Waals surface area (Å²) in [5.41, 5.74) is 3.38. The highest BCUT2D eigenvalue weighted by atomic mass is 15.1. The molecule has 1 aliphatic rings. The topological polar surface area (TPSA) is 37.3 Å². The Hall–Kier alpha value is -2.16. The molecule has 0 fully saturated rings. The molecule has 1 aliphatic heterocycles. The van der Waals surface area contributed by atoms with E-state index >= 15 is 0 Å². The van der Waals surface area contributed by atoms with Crippen LogP contribution < -0.4 is 5.32 Å². The molecule has 0 saturated carbocycles. The lowest BCUT2D eigenvalue weighted by Gasteiger charge is -2.16. The predicted molar refractivity (Wildman–Crippen MR) is 70.0 cm³/mol. The first-order valence-corrected chi connectivity index (χ1v) is 5.71. The van der Waals surface area contributed by atoms with Crippen LogP contribution in [-0.2, 0) is 6.42 Å². The maximum absolute atomic E-state index is 4.63. The molecule has 3 heteroatoms. The van der Waals surface area contributed by atoms with Crippen LogP contribution in [-0.4, -0.2) is 17.2 Å². The summed E-state index contributed by atoms with van der Waals surface area (Å²) in [7, 11) is 0. The summed E-state index contributed by atoms with van der Waals surface area (Å²) in [6, 6.07) is 14.3. The van der Waals surface area contributed by atoms with E-state index in [9.17, 15) is 0 Å². The van der Waals surface area contributed by atoms with Crippen LogP contribution in [0.4, 0.5) is 11.5 Å². The van der Waals surface area contributed by atoms with E-state index in [1.165, 1.54) is 5.56 Å². The third-order valence-electron chi connectivity index (χ3n) is 2.78. The van der Waals surface area contributed by atoms with Gasteiger partial charge in [0.2, 0.25) is 0 Å². The molecule has 2 aromatic rings. The van der Waals surface area contributed by atoms with E-state index in [2.05, 4.69) is 39.6 Å². The fourth-order valence-corrected chi connectivity index (χ4v) is 1.95. The van der Waals surface area contributed by atoms with Crippen molar-refractivity contribution < 1.29 is 0 Å². The van der Waals surface area contributed by atoms with E-state index in [1.807, 2.05) is 18.2 Å². The van der Waals surface area contributed by atoms with E-state index in [-0.39, 0.29) is 0 Å². The van der Waals surface area contributed by atoms with E-state index in [4.69, 9.17) is 0 Å². The van der Waals surface area contributed by atoms with Crippen LogP contribution in [0.2, 0.25) is 0 Å². The number of aliphatic imine (C=N–C) groups is 1. The Morgan fingerprint density at radius 1 is 1.06 bits per heavy atom. The lowest BCUT2D eigenvalue weighted by molar-refractivity contribution is 1.16. The minimum absolute atomic E-state index is 0.777. The molecular weight excluding hydrogens is 210 g/mol. The quantitative estimate of drug-likeness (QED) is 0.850. The first-order chi connectivity index (χ1) is 8.42. The molecular formula is C14H13N3. The minimum Gasteiger partial charge on any atom is -0.363 e. The Bertz CT molecular complexity index is 546. The second-order valence-electron chi connectivity index (χ2n) is 4.07. The normalized spacial score (nSPS) is 13.5. The van der Waals surface area contributed by atoms with Crippen molar-refractivity contribution in [3.05, 3.63) is 54.2 Å². The van der Waals surface area contributed by atoms with E-state index in [0.29, 0.717) is 0 Å². The number of fused-ring (bicyclic) bond motifs is 1. The molecule has 3 rings (SSSR count). The molecule has 2 heterocycles. The predicted octanol–water partition coefficient (Wildman–Crippen LogP) is 2.82. The smallest absolute Gasteiger partial charge is 0.152 e. The largest absolute Gasteiger partial charge is 0.363 e. The average molecular weight is 223 g/mol. The Morgan fingerprint density at radius 2 is 1.94 bits per heavy atom. The number of hydrogen-bond donors (Lipinski definition) is 1. The van der Waals surface area contributed by atoms with Gasteiger partial charge in [0.25, 0.3) is 0 Å². The van der Waals surface area contributed by atoms with Gasteiger partial charge in [-0.25, -0.2) is 4.98 Å². The number of aromatic nitrogens is 1. The number of pyridine rings is 1. The molecule has 1 aromatic heterocycles. The molecule has 0 atom stereocenters. The minimum atomic E-state index is 0.777. The van der Waals surface area contributed by atoms with Crippen LogP contribution in [0.1, 0.15) is 5.56 Å². The molecule has 3 nitrogen and oxygen atoms in total. The third kappa shape index (κ3) is 2.18. The van der Waals surface area contributed by atoms with Gasteiger partial charge in [-0.3, -0.25) is 4.99 Å². The van der Waals surface area contributed by atoms with Gasteiger partial charge in [0.15, 0.2) is 5.82 Å². The van der Waals surface area contributed by atoms with Crippen LogP contribution in [0.15, 0.2) is 53.7 Å². The SMILES string of the molecule is c1ccc(CC2=Nc3cccnc3NC2)cc1. The Kier molecular flexibility index (Phi) is 2.58. The molecule has 0 amide bonds. The monoisotopic (exact) mass is 223 g/mol. The van der Waals surface area contributed by atoms with Gasteiger partial charge in [0.1, 0.15) is 5.69 Å². The molecule has 0 spiro atoms. The van der Waals surface area contributed by atoms with E-state index < -0.39 is 0 Å². The van der Waals surface area contributed by atoms with Crippen molar-refractivity contribution in [2.75, 3.05) is 11.9 Å². The molecule has 1 N–H and O–H groups in total. The van der Waals surface area contributed by atoms with Gasteiger partial charge in [-0.05, 0) is 17.7 Å². The zero-order valence-electron chi connectivity index (χ0n) is 9.43. The highest BCUT2D eigenvalue weighted by molar-refractivity contribution is 5.95. The van der Waals surface area contributed by atoms with Gasteiger partial charge >= 0.3 is 0 Å². The van der Waals surface area contributed by atoms with E-state index in [0.717, 1.165) is 30.2 Å².